The number of para-hydroxylation sites is 1. The van der Waals surface area contributed by atoms with E-state index in [2.05, 4.69) is 15.5 Å². The lowest BCUT2D eigenvalue weighted by atomic mass is 9.73. The summed E-state index contributed by atoms with van der Waals surface area (Å²) in [6.07, 6.45) is 9.65. The second-order valence-electron chi connectivity index (χ2n) is 9.05. The molecule has 2 amide bonds. The van der Waals surface area contributed by atoms with E-state index < -0.39 is 10.8 Å². The Labute approximate surface area is 179 Å². The third-order valence-corrected chi connectivity index (χ3v) is 7.22. The lowest BCUT2D eigenvalue weighted by Crippen LogP contribution is -2.45. The Balaban J connectivity index is 1.44. The first kappa shape index (κ1) is 18.4. The zero-order valence-electron chi connectivity index (χ0n) is 17.4. The quantitative estimate of drug-likeness (QED) is 0.707. The number of aromatic nitrogens is 4. The van der Waals surface area contributed by atoms with Crippen molar-refractivity contribution in [3.05, 3.63) is 66.2 Å². The van der Waals surface area contributed by atoms with Gasteiger partial charge in [-0.25, -0.2) is 0 Å². The molecule has 2 atom stereocenters. The highest BCUT2D eigenvalue weighted by atomic mass is 16.2. The van der Waals surface area contributed by atoms with E-state index in [1.165, 1.54) is 0 Å². The summed E-state index contributed by atoms with van der Waals surface area (Å²) >= 11 is 0. The molecular formula is C23H24N6O2. The number of likely N-dealkylation sites (tertiary alicyclic amines) is 1. The highest BCUT2D eigenvalue weighted by Gasteiger charge is 2.63. The first-order valence-electron chi connectivity index (χ1n) is 10.7. The Kier molecular flexibility index (Phi) is 3.73. The summed E-state index contributed by atoms with van der Waals surface area (Å²) in [6, 6.07) is 9.34. The van der Waals surface area contributed by atoms with Crippen LogP contribution in [-0.4, -0.2) is 42.8 Å². The molecule has 0 radical (unpaired) electrons. The summed E-state index contributed by atoms with van der Waals surface area (Å²) in [6.45, 7) is 1.12. The van der Waals surface area contributed by atoms with E-state index in [-0.39, 0.29) is 17.9 Å². The molecular weight excluding hydrogens is 392 g/mol. The van der Waals surface area contributed by atoms with E-state index in [1.807, 2.05) is 59.4 Å². The predicted octanol–water partition coefficient (Wildman–Crippen LogP) is 2.26. The third kappa shape index (κ3) is 2.54. The van der Waals surface area contributed by atoms with Gasteiger partial charge >= 0.3 is 0 Å². The molecule has 8 nitrogen and oxygen atoms in total. The van der Waals surface area contributed by atoms with Crippen LogP contribution in [0.15, 0.2) is 55.1 Å². The zero-order chi connectivity index (χ0) is 21.2. The van der Waals surface area contributed by atoms with Crippen LogP contribution in [-0.2, 0) is 28.6 Å². The van der Waals surface area contributed by atoms with Gasteiger partial charge in [-0.1, -0.05) is 18.2 Å². The van der Waals surface area contributed by atoms with Gasteiger partial charge in [-0.15, -0.1) is 0 Å². The maximum Gasteiger partial charge on any atom is 0.237 e. The van der Waals surface area contributed by atoms with Gasteiger partial charge < -0.3 is 10.2 Å². The Hall–Kier alpha value is -3.42. The van der Waals surface area contributed by atoms with E-state index >= 15 is 0 Å². The Morgan fingerprint density at radius 1 is 1.19 bits per heavy atom. The van der Waals surface area contributed by atoms with Crippen molar-refractivity contribution in [2.75, 3.05) is 11.9 Å². The van der Waals surface area contributed by atoms with Crippen molar-refractivity contribution in [3.63, 3.8) is 0 Å². The Morgan fingerprint density at radius 3 is 2.74 bits per heavy atom. The molecule has 0 bridgehead atoms. The molecule has 0 unspecified atom stereocenters. The van der Waals surface area contributed by atoms with E-state index in [0.717, 1.165) is 29.7 Å². The lowest BCUT2D eigenvalue weighted by Gasteiger charge is -2.35. The first-order chi connectivity index (χ1) is 15.0. The van der Waals surface area contributed by atoms with Crippen LogP contribution in [0.4, 0.5) is 5.69 Å². The van der Waals surface area contributed by atoms with Gasteiger partial charge in [-0.3, -0.25) is 19.0 Å². The van der Waals surface area contributed by atoms with Crippen molar-refractivity contribution in [1.29, 1.82) is 0 Å². The second-order valence-corrected chi connectivity index (χ2v) is 9.05. The summed E-state index contributed by atoms with van der Waals surface area (Å²) in [4.78, 5) is 29.3. The molecule has 2 aliphatic heterocycles. The molecule has 31 heavy (non-hydrogen) atoms. The SMILES string of the molecule is Cn1cc([C@@H]2N(C(=O)C3(Cn4cccn4)CC3)CC[C@]23C(=O)Nc2ccccc23)cn1. The molecule has 3 aromatic rings. The lowest BCUT2D eigenvalue weighted by molar-refractivity contribution is -0.139. The van der Waals surface area contributed by atoms with E-state index in [0.29, 0.717) is 19.5 Å². The molecule has 1 N–H and O–H groups in total. The summed E-state index contributed by atoms with van der Waals surface area (Å²) in [5.74, 6) is 0.0840. The van der Waals surface area contributed by atoms with Gasteiger partial charge in [0.25, 0.3) is 0 Å². The van der Waals surface area contributed by atoms with Crippen molar-refractivity contribution >= 4 is 17.5 Å². The second kappa shape index (κ2) is 6.29. The predicted molar refractivity (Wildman–Crippen MR) is 113 cm³/mol. The van der Waals surface area contributed by atoms with E-state index in [9.17, 15) is 9.59 Å². The number of benzene rings is 1. The van der Waals surface area contributed by atoms with Gasteiger partial charge in [0.05, 0.1) is 24.2 Å². The fourth-order valence-corrected chi connectivity index (χ4v) is 5.55. The monoisotopic (exact) mass is 416 g/mol. The fraction of sp³-hybridized carbons (Fsp3) is 0.391. The molecule has 3 aliphatic rings. The van der Waals surface area contributed by atoms with Crippen molar-refractivity contribution in [1.82, 2.24) is 24.5 Å². The van der Waals surface area contributed by atoms with Crippen LogP contribution in [0.3, 0.4) is 0 Å². The van der Waals surface area contributed by atoms with Gasteiger partial charge in [0.1, 0.15) is 5.41 Å². The molecule has 1 saturated heterocycles. The molecule has 1 saturated carbocycles. The molecule has 4 heterocycles. The van der Waals surface area contributed by atoms with Gasteiger partial charge in [0.2, 0.25) is 11.8 Å². The number of aryl methyl sites for hydroxylation is 1. The summed E-state index contributed by atoms with van der Waals surface area (Å²) in [5, 5.41) is 11.7. The smallest absolute Gasteiger partial charge is 0.237 e. The van der Waals surface area contributed by atoms with Crippen LogP contribution < -0.4 is 5.32 Å². The normalized spacial score (nSPS) is 25.6. The summed E-state index contributed by atoms with van der Waals surface area (Å²) < 4.78 is 3.58. The van der Waals surface area contributed by atoms with Crippen molar-refractivity contribution < 1.29 is 9.59 Å². The highest BCUT2D eigenvalue weighted by molar-refractivity contribution is 6.08. The molecule has 2 fully saturated rings. The Morgan fingerprint density at radius 2 is 2.03 bits per heavy atom. The first-order valence-corrected chi connectivity index (χ1v) is 10.7. The summed E-state index contributed by atoms with van der Waals surface area (Å²) in [5.41, 5.74) is 1.48. The van der Waals surface area contributed by atoms with Crippen LogP contribution in [0.2, 0.25) is 0 Å². The molecule has 2 aromatic heterocycles. The van der Waals surface area contributed by atoms with Gasteiger partial charge in [-0.2, -0.15) is 10.2 Å². The fourth-order valence-electron chi connectivity index (χ4n) is 5.55. The number of hydrogen-bond acceptors (Lipinski definition) is 4. The molecule has 6 rings (SSSR count). The molecule has 1 spiro atoms. The van der Waals surface area contributed by atoms with Gasteiger partial charge in [0, 0.05) is 43.4 Å². The van der Waals surface area contributed by atoms with Crippen molar-refractivity contribution in [3.8, 4) is 0 Å². The topological polar surface area (TPSA) is 85.0 Å². The average molecular weight is 416 g/mol. The number of fused-ring (bicyclic) bond motifs is 2. The average Bonchev–Trinajstić information content (AvgIpc) is 3.17. The van der Waals surface area contributed by atoms with Gasteiger partial charge in [0.15, 0.2) is 0 Å². The number of nitrogens with one attached hydrogen (secondary N) is 1. The van der Waals surface area contributed by atoms with Crippen LogP contribution in [0.25, 0.3) is 0 Å². The van der Waals surface area contributed by atoms with Crippen LogP contribution in [0.1, 0.15) is 36.4 Å². The number of hydrogen-bond donors (Lipinski definition) is 1. The minimum atomic E-state index is -0.795. The maximum absolute atomic E-state index is 13.9. The van der Waals surface area contributed by atoms with Gasteiger partial charge in [-0.05, 0) is 37.0 Å². The number of carbonyl (C=O) groups is 2. The zero-order valence-corrected chi connectivity index (χ0v) is 17.4. The number of carbonyl (C=O) groups excluding carboxylic acids is 2. The van der Waals surface area contributed by atoms with Crippen LogP contribution >= 0.6 is 0 Å². The number of amides is 2. The van der Waals surface area contributed by atoms with Crippen LogP contribution in [0, 0.1) is 5.41 Å². The largest absolute Gasteiger partial charge is 0.334 e. The molecule has 1 aromatic carbocycles. The summed E-state index contributed by atoms with van der Waals surface area (Å²) in [7, 11) is 1.86. The van der Waals surface area contributed by atoms with Crippen molar-refractivity contribution in [2.45, 2.75) is 37.3 Å². The Bertz CT molecular complexity index is 1180. The van der Waals surface area contributed by atoms with Crippen molar-refractivity contribution in [2.24, 2.45) is 12.5 Å². The number of nitrogens with zero attached hydrogens (tertiary/aromatic N) is 5. The minimum absolute atomic E-state index is 0.0326. The third-order valence-electron chi connectivity index (χ3n) is 7.22. The number of anilines is 1. The minimum Gasteiger partial charge on any atom is -0.334 e. The van der Waals surface area contributed by atoms with E-state index in [1.54, 1.807) is 17.1 Å². The highest BCUT2D eigenvalue weighted by Crippen LogP contribution is 2.58. The molecule has 158 valence electrons. The van der Waals surface area contributed by atoms with E-state index in [4.69, 9.17) is 0 Å². The van der Waals surface area contributed by atoms with Crippen LogP contribution in [0.5, 0.6) is 0 Å². The maximum atomic E-state index is 13.9. The number of rotatable bonds is 4. The molecule has 8 heteroatoms. The standard InChI is InChI=1S/C23H24N6O2/c1-27-14-16(13-25-27)19-23(17-5-2-3-6-18(17)26-20(23)30)9-12-29(19)21(31)22(7-8-22)15-28-11-4-10-24-28/h2-6,10-11,13-14,19H,7-9,12,15H2,1H3,(H,26,30)/t19-,23+/m0/s1. The molecule has 1 aliphatic carbocycles.